The van der Waals surface area contributed by atoms with Gasteiger partial charge in [-0.25, -0.2) is 0 Å². The number of benzene rings is 1. The van der Waals surface area contributed by atoms with Crippen LogP contribution >= 0.6 is 0 Å². The Morgan fingerprint density at radius 2 is 1.96 bits per heavy atom. The van der Waals surface area contributed by atoms with E-state index >= 15 is 0 Å². The van der Waals surface area contributed by atoms with E-state index < -0.39 is 5.60 Å². The molecule has 0 bridgehead atoms. The summed E-state index contributed by atoms with van der Waals surface area (Å²) in [5, 5.41) is 16.7. The van der Waals surface area contributed by atoms with Gasteiger partial charge in [-0.2, -0.15) is 5.10 Å². The normalized spacial score (nSPS) is 24.7. The Balaban J connectivity index is 1.91. The number of nitrogens with zero attached hydrogens (tertiary/aromatic N) is 3. The van der Waals surface area contributed by atoms with Crippen LogP contribution in [0.15, 0.2) is 24.3 Å². The summed E-state index contributed by atoms with van der Waals surface area (Å²) >= 11 is 0. The largest absolute Gasteiger partial charge is 0.380 e. The van der Waals surface area contributed by atoms with E-state index in [4.69, 9.17) is 5.10 Å². The lowest BCUT2D eigenvalue weighted by molar-refractivity contribution is -0.00783. The highest BCUT2D eigenvalue weighted by Gasteiger charge is 2.50. The lowest BCUT2D eigenvalue weighted by Crippen LogP contribution is -2.42. The number of aryl methyl sites for hydroxylation is 1. The molecule has 1 fully saturated rings. The monoisotopic (exact) mass is 311 g/mol. The Labute approximate surface area is 137 Å². The van der Waals surface area contributed by atoms with Gasteiger partial charge in [-0.1, -0.05) is 24.3 Å². The molecule has 2 aliphatic rings. The van der Waals surface area contributed by atoms with E-state index in [1.165, 1.54) is 0 Å². The molecule has 1 aromatic carbocycles. The maximum atomic E-state index is 11.9. The van der Waals surface area contributed by atoms with Gasteiger partial charge in [0.05, 0.1) is 5.69 Å². The standard InChI is InChI=1S/C19H25N3O/c1-4-22-13(2)17-18(20-22)15-7-5-6-8-16(15)19(17,23)14-9-11-21(3)12-10-14/h5-8,14,23H,4,9-12H2,1-3H3. The Morgan fingerprint density at radius 1 is 1.26 bits per heavy atom. The summed E-state index contributed by atoms with van der Waals surface area (Å²) in [5.41, 5.74) is 4.43. The van der Waals surface area contributed by atoms with Gasteiger partial charge < -0.3 is 10.0 Å². The number of piperidine rings is 1. The number of hydrogen-bond donors (Lipinski definition) is 1. The maximum absolute atomic E-state index is 11.9. The number of rotatable bonds is 2. The van der Waals surface area contributed by atoms with Crippen LogP contribution in [-0.4, -0.2) is 39.9 Å². The molecular weight excluding hydrogens is 286 g/mol. The van der Waals surface area contributed by atoms with Crippen molar-refractivity contribution in [2.75, 3.05) is 20.1 Å². The van der Waals surface area contributed by atoms with Gasteiger partial charge in [-0.05, 0) is 58.3 Å². The molecule has 1 N–H and O–H groups in total. The highest BCUT2D eigenvalue weighted by Crippen LogP contribution is 2.53. The van der Waals surface area contributed by atoms with Crippen molar-refractivity contribution in [3.63, 3.8) is 0 Å². The van der Waals surface area contributed by atoms with Crippen LogP contribution < -0.4 is 0 Å². The van der Waals surface area contributed by atoms with Crippen molar-refractivity contribution >= 4 is 0 Å². The molecule has 2 heterocycles. The van der Waals surface area contributed by atoms with Crippen LogP contribution in [0.1, 0.15) is 36.6 Å². The van der Waals surface area contributed by atoms with Crippen molar-refractivity contribution < 1.29 is 5.11 Å². The second kappa shape index (κ2) is 5.18. The van der Waals surface area contributed by atoms with Gasteiger partial charge in [-0.3, -0.25) is 4.68 Å². The third-order valence-corrected chi connectivity index (χ3v) is 5.79. The van der Waals surface area contributed by atoms with Crippen molar-refractivity contribution in [2.45, 2.75) is 38.8 Å². The Hall–Kier alpha value is -1.65. The first-order valence-corrected chi connectivity index (χ1v) is 8.66. The molecule has 0 saturated carbocycles. The fourth-order valence-electron chi connectivity index (χ4n) is 4.51. The molecule has 0 amide bonds. The molecule has 1 unspecified atom stereocenters. The van der Waals surface area contributed by atoms with Crippen molar-refractivity contribution in [3.8, 4) is 11.3 Å². The summed E-state index contributed by atoms with van der Waals surface area (Å²) in [5.74, 6) is 0.259. The summed E-state index contributed by atoms with van der Waals surface area (Å²) in [6.45, 7) is 7.14. The van der Waals surface area contributed by atoms with E-state index in [1.807, 2.05) is 16.8 Å². The van der Waals surface area contributed by atoms with Gasteiger partial charge in [0, 0.05) is 23.4 Å². The average Bonchev–Trinajstić information content (AvgIpc) is 3.03. The fourth-order valence-corrected chi connectivity index (χ4v) is 4.51. The van der Waals surface area contributed by atoms with Gasteiger partial charge >= 0.3 is 0 Å². The molecule has 1 aliphatic heterocycles. The molecule has 4 nitrogen and oxygen atoms in total. The molecule has 1 aromatic heterocycles. The van der Waals surface area contributed by atoms with Crippen molar-refractivity contribution in [1.82, 2.24) is 14.7 Å². The Morgan fingerprint density at radius 3 is 2.65 bits per heavy atom. The topological polar surface area (TPSA) is 41.3 Å². The van der Waals surface area contributed by atoms with Crippen molar-refractivity contribution in [3.05, 3.63) is 41.1 Å². The van der Waals surface area contributed by atoms with E-state index in [-0.39, 0.29) is 5.92 Å². The molecule has 2 aromatic rings. The first kappa shape index (κ1) is 14.9. The van der Waals surface area contributed by atoms with Crippen LogP contribution in [0, 0.1) is 12.8 Å². The summed E-state index contributed by atoms with van der Waals surface area (Å²) in [7, 11) is 2.16. The van der Waals surface area contributed by atoms with Crippen LogP contribution in [-0.2, 0) is 12.1 Å². The second-order valence-electron chi connectivity index (χ2n) is 7.01. The number of aromatic nitrogens is 2. The third-order valence-electron chi connectivity index (χ3n) is 5.79. The van der Waals surface area contributed by atoms with Gasteiger partial charge in [0.15, 0.2) is 0 Å². The van der Waals surface area contributed by atoms with Crippen LogP contribution in [0.5, 0.6) is 0 Å². The zero-order valence-corrected chi connectivity index (χ0v) is 14.2. The van der Waals surface area contributed by atoms with E-state index in [0.717, 1.165) is 60.6 Å². The van der Waals surface area contributed by atoms with E-state index in [0.29, 0.717) is 0 Å². The van der Waals surface area contributed by atoms with Crippen molar-refractivity contribution in [2.24, 2.45) is 5.92 Å². The van der Waals surface area contributed by atoms with Crippen LogP contribution in [0.25, 0.3) is 11.3 Å². The molecule has 1 aliphatic carbocycles. The van der Waals surface area contributed by atoms with Gasteiger partial charge in [0.1, 0.15) is 5.60 Å². The molecular formula is C19H25N3O. The second-order valence-corrected chi connectivity index (χ2v) is 7.01. The lowest BCUT2D eigenvalue weighted by Gasteiger charge is -2.39. The zero-order valence-electron chi connectivity index (χ0n) is 14.2. The number of aliphatic hydroxyl groups is 1. The number of likely N-dealkylation sites (tertiary alicyclic amines) is 1. The first-order valence-electron chi connectivity index (χ1n) is 8.66. The SMILES string of the molecule is CCn1nc2c(c1C)C(O)(C1CCN(C)CC1)c1ccccc1-2. The molecule has 4 rings (SSSR count). The molecule has 0 radical (unpaired) electrons. The van der Waals surface area contributed by atoms with E-state index in [1.54, 1.807) is 0 Å². The quantitative estimate of drug-likeness (QED) is 0.927. The Bertz CT molecular complexity index is 743. The van der Waals surface area contributed by atoms with Gasteiger partial charge in [0.2, 0.25) is 0 Å². The summed E-state index contributed by atoms with van der Waals surface area (Å²) in [4.78, 5) is 2.35. The summed E-state index contributed by atoms with van der Waals surface area (Å²) in [6.07, 6.45) is 2.05. The first-order chi connectivity index (χ1) is 11.1. The third kappa shape index (κ3) is 1.95. The molecule has 0 spiro atoms. The maximum Gasteiger partial charge on any atom is 0.122 e. The minimum Gasteiger partial charge on any atom is -0.380 e. The van der Waals surface area contributed by atoms with Crippen molar-refractivity contribution in [1.29, 1.82) is 0 Å². The Kier molecular flexibility index (Phi) is 3.36. The van der Waals surface area contributed by atoms with Crippen LogP contribution in [0.3, 0.4) is 0 Å². The lowest BCUT2D eigenvalue weighted by atomic mass is 9.74. The molecule has 122 valence electrons. The zero-order chi connectivity index (χ0) is 16.2. The highest BCUT2D eigenvalue weighted by atomic mass is 16.3. The predicted octanol–water partition coefficient (Wildman–Crippen LogP) is 2.77. The molecule has 1 atom stereocenters. The smallest absolute Gasteiger partial charge is 0.122 e. The van der Waals surface area contributed by atoms with Gasteiger partial charge in [-0.15, -0.1) is 0 Å². The molecule has 1 saturated heterocycles. The number of hydrogen-bond acceptors (Lipinski definition) is 3. The summed E-state index contributed by atoms with van der Waals surface area (Å²) < 4.78 is 2.03. The summed E-state index contributed by atoms with van der Waals surface area (Å²) in [6, 6.07) is 8.27. The van der Waals surface area contributed by atoms with Crippen LogP contribution in [0.2, 0.25) is 0 Å². The minimum absolute atomic E-state index is 0.259. The van der Waals surface area contributed by atoms with Crippen LogP contribution in [0.4, 0.5) is 0 Å². The number of fused-ring (bicyclic) bond motifs is 3. The van der Waals surface area contributed by atoms with E-state index in [2.05, 4.69) is 37.9 Å². The molecule has 4 heteroatoms. The molecule has 23 heavy (non-hydrogen) atoms. The highest BCUT2D eigenvalue weighted by molar-refractivity contribution is 5.78. The average molecular weight is 311 g/mol. The predicted molar refractivity (Wildman–Crippen MR) is 91.3 cm³/mol. The van der Waals surface area contributed by atoms with Gasteiger partial charge in [0.25, 0.3) is 0 Å². The van der Waals surface area contributed by atoms with E-state index in [9.17, 15) is 5.11 Å². The fraction of sp³-hybridized carbons (Fsp3) is 0.526. The minimum atomic E-state index is -0.884.